The summed E-state index contributed by atoms with van der Waals surface area (Å²) in [6, 6.07) is 15.1. The Balaban J connectivity index is 1.45. The number of hydrogen-bond donors (Lipinski definition) is 2. The van der Waals surface area contributed by atoms with Crippen molar-refractivity contribution in [1.29, 1.82) is 5.26 Å². The van der Waals surface area contributed by atoms with Gasteiger partial charge in [0, 0.05) is 17.6 Å². The minimum Gasteiger partial charge on any atom is -0.325 e. The molecule has 0 bridgehead atoms. The van der Waals surface area contributed by atoms with Crippen molar-refractivity contribution in [3.8, 4) is 6.07 Å². The van der Waals surface area contributed by atoms with Gasteiger partial charge in [-0.05, 0) is 80.1 Å². The van der Waals surface area contributed by atoms with Gasteiger partial charge in [0.15, 0.2) is 0 Å². The molecule has 2 heterocycles. The molecule has 36 heavy (non-hydrogen) atoms. The van der Waals surface area contributed by atoms with E-state index in [0.717, 1.165) is 43.4 Å². The van der Waals surface area contributed by atoms with E-state index in [1.165, 1.54) is 30.1 Å². The predicted octanol–water partition coefficient (Wildman–Crippen LogP) is 4.93. The Morgan fingerprint density at radius 2 is 1.92 bits per heavy atom. The minimum absolute atomic E-state index is 0.0559. The summed E-state index contributed by atoms with van der Waals surface area (Å²) in [6.07, 6.45) is 7.20. The van der Waals surface area contributed by atoms with E-state index in [2.05, 4.69) is 21.1 Å². The van der Waals surface area contributed by atoms with Crippen LogP contribution < -0.4 is 10.0 Å². The van der Waals surface area contributed by atoms with Crippen LogP contribution in [-0.2, 0) is 27.7 Å². The third-order valence-corrected chi connectivity index (χ3v) is 8.63. The largest absolute Gasteiger partial charge is 0.325 e. The molecule has 1 amide bonds. The van der Waals surface area contributed by atoms with Crippen molar-refractivity contribution in [2.24, 2.45) is 0 Å². The molecule has 1 aliphatic rings. The number of carbonyl (C=O) groups is 1. The fraction of sp³-hybridized carbons (Fsp3) is 0.308. The molecule has 0 spiro atoms. The summed E-state index contributed by atoms with van der Waals surface area (Å²) < 4.78 is 27.6. The van der Waals surface area contributed by atoms with Gasteiger partial charge < -0.3 is 5.32 Å². The maximum absolute atomic E-state index is 13.0. The molecule has 3 aromatic rings. The molecule has 4 rings (SSSR count). The van der Waals surface area contributed by atoms with Crippen molar-refractivity contribution in [3.05, 3.63) is 71.5 Å². The third kappa shape index (κ3) is 6.22. The first kappa shape index (κ1) is 25.7. The third-order valence-electron chi connectivity index (χ3n) is 5.89. The van der Waals surface area contributed by atoms with Gasteiger partial charge in [-0.1, -0.05) is 31.2 Å². The SMILES string of the molecule is CCC(Sc1nc2c(cc1C#N)CCCCC2)C(=O)Nc1ccc(S(=O)(=O)Nc2ccccn2)cc1. The lowest BCUT2D eigenvalue weighted by atomic mass is 10.1. The summed E-state index contributed by atoms with van der Waals surface area (Å²) in [5.74, 6) is -0.00816. The number of fused-ring (bicyclic) bond motifs is 1. The summed E-state index contributed by atoms with van der Waals surface area (Å²) in [6.45, 7) is 1.91. The fourth-order valence-corrected chi connectivity index (χ4v) is 5.98. The van der Waals surface area contributed by atoms with E-state index < -0.39 is 15.3 Å². The van der Waals surface area contributed by atoms with Gasteiger partial charge in [0.25, 0.3) is 10.0 Å². The zero-order chi connectivity index (χ0) is 25.5. The molecule has 186 valence electrons. The number of thioether (sulfide) groups is 1. The number of rotatable bonds is 8. The lowest BCUT2D eigenvalue weighted by Gasteiger charge is -2.17. The Hall–Kier alpha value is -3.42. The van der Waals surface area contributed by atoms with E-state index in [0.29, 0.717) is 22.7 Å². The molecule has 1 aromatic carbocycles. The second-order valence-electron chi connectivity index (χ2n) is 8.47. The molecule has 2 aromatic heterocycles. The van der Waals surface area contributed by atoms with Crippen LogP contribution in [0.25, 0.3) is 0 Å². The Kier molecular flexibility index (Phi) is 8.23. The second-order valence-corrected chi connectivity index (χ2v) is 11.3. The summed E-state index contributed by atoms with van der Waals surface area (Å²) in [7, 11) is -3.81. The second kappa shape index (κ2) is 11.5. The molecular formula is C26H27N5O3S2. The van der Waals surface area contributed by atoms with Crippen LogP contribution in [0.4, 0.5) is 11.5 Å². The average molecular weight is 522 g/mol. The van der Waals surface area contributed by atoms with Crippen LogP contribution in [0.2, 0.25) is 0 Å². The maximum Gasteiger partial charge on any atom is 0.263 e. The first-order valence-corrected chi connectivity index (χ1v) is 14.2. The Bertz CT molecular complexity index is 1370. The fourth-order valence-electron chi connectivity index (χ4n) is 3.98. The number of pyridine rings is 2. The molecule has 0 saturated heterocycles. The normalized spacial score (nSPS) is 14.1. The summed E-state index contributed by atoms with van der Waals surface area (Å²) in [4.78, 5) is 21.8. The van der Waals surface area contributed by atoms with E-state index in [1.807, 2.05) is 13.0 Å². The van der Waals surface area contributed by atoms with Crippen molar-refractivity contribution >= 4 is 39.2 Å². The molecule has 1 aliphatic carbocycles. The van der Waals surface area contributed by atoms with Gasteiger partial charge in [-0.15, -0.1) is 0 Å². The number of aromatic nitrogens is 2. The smallest absolute Gasteiger partial charge is 0.263 e. The van der Waals surface area contributed by atoms with Crippen LogP contribution in [0, 0.1) is 11.3 Å². The highest BCUT2D eigenvalue weighted by molar-refractivity contribution is 8.00. The number of carbonyl (C=O) groups excluding carboxylic acids is 1. The van der Waals surface area contributed by atoms with Crippen molar-refractivity contribution in [1.82, 2.24) is 9.97 Å². The highest BCUT2D eigenvalue weighted by Crippen LogP contribution is 2.31. The molecule has 10 heteroatoms. The number of benzene rings is 1. The van der Waals surface area contributed by atoms with Gasteiger partial charge >= 0.3 is 0 Å². The number of amides is 1. The summed E-state index contributed by atoms with van der Waals surface area (Å²) in [5.41, 5.74) is 3.15. The number of anilines is 2. The number of aryl methyl sites for hydroxylation is 2. The molecule has 1 unspecified atom stereocenters. The monoisotopic (exact) mass is 521 g/mol. The molecule has 8 nitrogen and oxygen atoms in total. The highest BCUT2D eigenvalue weighted by Gasteiger charge is 2.23. The lowest BCUT2D eigenvalue weighted by Crippen LogP contribution is -2.25. The molecule has 0 radical (unpaired) electrons. The zero-order valence-corrected chi connectivity index (χ0v) is 21.5. The summed E-state index contributed by atoms with van der Waals surface area (Å²) in [5, 5.41) is 12.7. The lowest BCUT2D eigenvalue weighted by molar-refractivity contribution is -0.115. The first-order valence-electron chi connectivity index (χ1n) is 11.8. The van der Waals surface area contributed by atoms with Gasteiger partial charge in [0.2, 0.25) is 5.91 Å². The van der Waals surface area contributed by atoms with Gasteiger partial charge in [-0.25, -0.2) is 18.4 Å². The van der Waals surface area contributed by atoms with Crippen LogP contribution in [0.1, 0.15) is 49.4 Å². The molecule has 2 N–H and O–H groups in total. The van der Waals surface area contributed by atoms with Gasteiger partial charge in [0.05, 0.1) is 15.7 Å². The maximum atomic E-state index is 13.0. The van der Waals surface area contributed by atoms with Crippen molar-refractivity contribution in [2.75, 3.05) is 10.0 Å². The quantitative estimate of drug-likeness (QED) is 0.318. The van der Waals surface area contributed by atoms with Crippen molar-refractivity contribution in [3.63, 3.8) is 0 Å². The van der Waals surface area contributed by atoms with E-state index in [1.54, 1.807) is 30.3 Å². The number of nitrogens with one attached hydrogen (secondary N) is 2. The molecule has 1 atom stereocenters. The molecule has 0 saturated carbocycles. The zero-order valence-electron chi connectivity index (χ0n) is 19.9. The number of nitrogens with zero attached hydrogens (tertiary/aromatic N) is 3. The van der Waals surface area contributed by atoms with Crippen LogP contribution >= 0.6 is 11.8 Å². The van der Waals surface area contributed by atoms with Crippen LogP contribution in [0.5, 0.6) is 0 Å². The van der Waals surface area contributed by atoms with Gasteiger partial charge in [-0.2, -0.15) is 5.26 Å². The standard InChI is InChI=1S/C26H27N5O3S2/c1-2-23(35-26-19(17-27)16-18-8-4-3-5-9-22(18)30-26)25(32)29-20-11-13-21(14-12-20)36(33,34)31-24-10-6-7-15-28-24/h6-7,10-16,23H,2-5,8-9H2,1H3,(H,28,31)(H,29,32). The minimum atomic E-state index is -3.81. The van der Waals surface area contributed by atoms with E-state index in [4.69, 9.17) is 4.98 Å². The van der Waals surface area contributed by atoms with Crippen LogP contribution in [0.3, 0.4) is 0 Å². The average Bonchev–Trinajstić information content (AvgIpc) is 3.12. The van der Waals surface area contributed by atoms with Crippen LogP contribution in [0.15, 0.2) is 64.6 Å². The Morgan fingerprint density at radius 3 is 2.61 bits per heavy atom. The first-order chi connectivity index (χ1) is 17.4. The van der Waals surface area contributed by atoms with Crippen molar-refractivity contribution < 1.29 is 13.2 Å². The predicted molar refractivity (Wildman–Crippen MR) is 140 cm³/mol. The van der Waals surface area contributed by atoms with Gasteiger partial charge in [0.1, 0.15) is 16.9 Å². The number of sulfonamides is 1. The van der Waals surface area contributed by atoms with Crippen LogP contribution in [-0.4, -0.2) is 29.5 Å². The highest BCUT2D eigenvalue weighted by atomic mass is 32.2. The topological polar surface area (TPSA) is 125 Å². The van der Waals surface area contributed by atoms with E-state index in [9.17, 15) is 18.5 Å². The molecule has 0 aliphatic heterocycles. The number of nitriles is 1. The van der Waals surface area contributed by atoms with E-state index >= 15 is 0 Å². The Labute approximate surface area is 215 Å². The summed E-state index contributed by atoms with van der Waals surface area (Å²) >= 11 is 1.30. The van der Waals surface area contributed by atoms with E-state index in [-0.39, 0.29) is 16.6 Å². The van der Waals surface area contributed by atoms with Gasteiger partial charge in [-0.3, -0.25) is 9.52 Å². The van der Waals surface area contributed by atoms with Crippen molar-refractivity contribution in [2.45, 2.75) is 60.6 Å². The molecule has 0 fully saturated rings. The Morgan fingerprint density at radius 1 is 1.14 bits per heavy atom. The number of hydrogen-bond acceptors (Lipinski definition) is 7. The molecular weight excluding hydrogens is 494 g/mol.